The summed E-state index contributed by atoms with van der Waals surface area (Å²) in [5, 5.41) is 7.95. The fourth-order valence-electron chi connectivity index (χ4n) is 1.95. The van der Waals surface area contributed by atoms with Crippen LogP contribution in [0.2, 0.25) is 0 Å². The van der Waals surface area contributed by atoms with Gasteiger partial charge in [0.15, 0.2) is 0 Å². The van der Waals surface area contributed by atoms with Crippen LogP contribution in [0.1, 0.15) is 39.8 Å². The van der Waals surface area contributed by atoms with E-state index in [1.807, 2.05) is 17.9 Å². The van der Waals surface area contributed by atoms with Gasteiger partial charge in [0.25, 0.3) is 0 Å². The number of rotatable bonds is 7. The average molecular weight is 237 g/mol. The monoisotopic (exact) mass is 237 g/mol. The maximum Gasteiger partial charge on any atom is 0.0629 e. The minimum Gasteiger partial charge on any atom is -0.316 e. The van der Waals surface area contributed by atoms with Crippen LogP contribution in [0.4, 0.5) is 0 Å². The molecular weight excluding hydrogens is 210 g/mol. The summed E-state index contributed by atoms with van der Waals surface area (Å²) in [5.74, 6) is 0.730. The predicted molar refractivity (Wildman–Crippen MR) is 73.0 cm³/mol. The van der Waals surface area contributed by atoms with Gasteiger partial charge in [-0.2, -0.15) is 5.10 Å². The quantitative estimate of drug-likeness (QED) is 0.739. The number of nitrogens with zero attached hydrogens (tertiary/aromatic N) is 2. The zero-order chi connectivity index (χ0) is 12.9. The molecule has 0 aliphatic rings. The molecule has 0 spiro atoms. The molecule has 1 aromatic rings. The smallest absolute Gasteiger partial charge is 0.0629 e. The molecule has 1 aromatic heterocycles. The Morgan fingerprint density at radius 3 is 2.65 bits per heavy atom. The molecule has 1 heterocycles. The third kappa shape index (κ3) is 5.87. The zero-order valence-electron chi connectivity index (χ0n) is 12.0. The first-order valence-corrected chi connectivity index (χ1v) is 6.58. The first-order chi connectivity index (χ1) is 7.89. The lowest BCUT2D eigenvalue weighted by atomic mass is 9.84. The Morgan fingerprint density at radius 1 is 1.41 bits per heavy atom. The topological polar surface area (TPSA) is 29.9 Å². The van der Waals surface area contributed by atoms with E-state index >= 15 is 0 Å². The van der Waals surface area contributed by atoms with Crippen molar-refractivity contribution in [1.29, 1.82) is 0 Å². The predicted octanol–water partition coefficient (Wildman–Crippen LogP) is 2.62. The van der Waals surface area contributed by atoms with Crippen molar-refractivity contribution >= 4 is 0 Å². The minimum atomic E-state index is 0.318. The first-order valence-electron chi connectivity index (χ1n) is 6.58. The van der Waals surface area contributed by atoms with Gasteiger partial charge in [0.1, 0.15) is 0 Å². The third-order valence-corrected chi connectivity index (χ3v) is 2.96. The normalized spacial score (nSPS) is 12.4. The lowest BCUT2D eigenvalue weighted by molar-refractivity contribution is 0.318. The second kappa shape index (κ2) is 6.20. The molecule has 3 heteroatoms. The van der Waals surface area contributed by atoms with Crippen molar-refractivity contribution in [2.75, 3.05) is 13.1 Å². The molecule has 0 aliphatic heterocycles. The Hall–Kier alpha value is -0.830. The summed E-state index contributed by atoms with van der Waals surface area (Å²) in [6, 6.07) is 2.11. The van der Waals surface area contributed by atoms with E-state index in [-0.39, 0.29) is 0 Å². The Kier molecular flexibility index (Phi) is 5.19. The van der Waals surface area contributed by atoms with Gasteiger partial charge >= 0.3 is 0 Å². The van der Waals surface area contributed by atoms with Crippen LogP contribution < -0.4 is 5.32 Å². The minimum absolute atomic E-state index is 0.318. The summed E-state index contributed by atoms with van der Waals surface area (Å²) >= 11 is 0. The van der Waals surface area contributed by atoms with Crippen LogP contribution in [0, 0.1) is 11.3 Å². The summed E-state index contributed by atoms with van der Waals surface area (Å²) in [5.41, 5.74) is 1.51. The summed E-state index contributed by atoms with van der Waals surface area (Å²) in [4.78, 5) is 0. The Balaban J connectivity index is 2.30. The second-order valence-corrected chi connectivity index (χ2v) is 6.17. The van der Waals surface area contributed by atoms with E-state index in [9.17, 15) is 0 Å². The number of hydrogen-bond acceptors (Lipinski definition) is 2. The van der Waals surface area contributed by atoms with E-state index in [4.69, 9.17) is 0 Å². The van der Waals surface area contributed by atoms with E-state index in [0.717, 1.165) is 25.4 Å². The molecular formula is C14H27N3. The molecule has 0 unspecified atom stereocenters. The van der Waals surface area contributed by atoms with Gasteiger partial charge in [0.05, 0.1) is 5.69 Å². The van der Waals surface area contributed by atoms with Crippen LogP contribution >= 0.6 is 0 Å². The fraction of sp³-hybridized carbons (Fsp3) is 0.786. The van der Waals surface area contributed by atoms with Crippen molar-refractivity contribution in [1.82, 2.24) is 15.1 Å². The number of hydrogen-bond donors (Lipinski definition) is 1. The molecule has 0 amide bonds. The van der Waals surface area contributed by atoms with Gasteiger partial charge in [0.2, 0.25) is 0 Å². The van der Waals surface area contributed by atoms with Crippen LogP contribution in [-0.4, -0.2) is 22.9 Å². The van der Waals surface area contributed by atoms with E-state index in [1.165, 1.54) is 12.1 Å². The van der Waals surface area contributed by atoms with Crippen molar-refractivity contribution in [3.63, 3.8) is 0 Å². The Labute approximate surface area is 106 Å². The van der Waals surface area contributed by atoms with Crippen LogP contribution in [0.25, 0.3) is 0 Å². The maximum absolute atomic E-state index is 4.45. The molecule has 0 radical (unpaired) electrons. The molecule has 0 bridgehead atoms. The van der Waals surface area contributed by atoms with E-state index in [2.05, 4.69) is 44.2 Å². The Bertz CT molecular complexity index is 326. The van der Waals surface area contributed by atoms with Crippen molar-refractivity contribution in [3.05, 3.63) is 18.0 Å². The highest BCUT2D eigenvalue weighted by molar-refractivity contribution is 5.01. The lowest BCUT2D eigenvalue weighted by Crippen LogP contribution is -2.26. The molecule has 0 aromatic carbocycles. The van der Waals surface area contributed by atoms with E-state index in [0.29, 0.717) is 5.41 Å². The zero-order valence-corrected chi connectivity index (χ0v) is 12.0. The molecule has 0 saturated heterocycles. The summed E-state index contributed by atoms with van der Waals surface area (Å²) < 4.78 is 1.88. The largest absolute Gasteiger partial charge is 0.316 e. The summed E-state index contributed by atoms with van der Waals surface area (Å²) in [7, 11) is 1.97. The van der Waals surface area contributed by atoms with Crippen molar-refractivity contribution < 1.29 is 0 Å². The standard InChI is InChI=1S/C14H27N3/c1-12(2)11-15-8-7-14(3,4)10-13-6-9-17(5)16-13/h6,9,12,15H,7-8,10-11H2,1-5H3. The molecule has 0 aliphatic carbocycles. The number of aryl methyl sites for hydroxylation is 1. The van der Waals surface area contributed by atoms with Crippen LogP contribution in [0.3, 0.4) is 0 Å². The van der Waals surface area contributed by atoms with Crippen LogP contribution in [0.5, 0.6) is 0 Å². The number of aromatic nitrogens is 2. The van der Waals surface area contributed by atoms with Gasteiger partial charge in [-0.1, -0.05) is 27.7 Å². The average Bonchev–Trinajstić information content (AvgIpc) is 2.57. The van der Waals surface area contributed by atoms with Crippen LogP contribution in [-0.2, 0) is 13.5 Å². The molecule has 3 nitrogen and oxygen atoms in total. The van der Waals surface area contributed by atoms with Crippen molar-refractivity contribution in [2.45, 2.75) is 40.5 Å². The maximum atomic E-state index is 4.45. The highest BCUT2D eigenvalue weighted by Gasteiger charge is 2.19. The second-order valence-electron chi connectivity index (χ2n) is 6.17. The molecule has 0 fully saturated rings. The molecule has 1 rings (SSSR count). The fourth-order valence-corrected chi connectivity index (χ4v) is 1.95. The lowest BCUT2D eigenvalue weighted by Gasteiger charge is -2.24. The molecule has 17 heavy (non-hydrogen) atoms. The number of nitrogens with one attached hydrogen (secondary N) is 1. The van der Waals surface area contributed by atoms with Crippen molar-refractivity contribution in [2.24, 2.45) is 18.4 Å². The van der Waals surface area contributed by atoms with Gasteiger partial charge in [-0.25, -0.2) is 0 Å². The van der Waals surface area contributed by atoms with Gasteiger partial charge in [-0.15, -0.1) is 0 Å². The van der Waals surface area contributed by atoms with Gasteiger partial charge in [-0.05, 0) is 43.3 Å². The molecule has 98 valence electrons. The van der Waals surface area contributed by atoms with Gasteiger partial charge in [0, 0.05) is 13.2 Å². The van der Waals surface area contributed by atoms with E-state index in [1.54, 1.807) is 0 Å². The van der Waals surface area contributed by atoms with Crippen molar-refractivity contribution in [3.8, 4) is 0 Å². The molecule has 0 saturated carbocycles. The highest BCUT2D eigenvalue weighted by Crippen LogP contribution is 2.24. The highest BCUT2D eigenvalue weighted by atomic mass is 15.2. The summed E-state index contributed by atoms with van der Waals surface area (Å²) in [6.45, 7) is 11.3. The molecule has 0 atom stereocenters. The van der Waals surface area contributed by atoms with Gasteiger partial charge < -0.3 is 5.32 Å². The summed E-state index contributed by atoms with van der Waals surface area (Å²) in [6.07, 6.45) is 4.26. The van der Waals surface area contributed by atoms with Gasteiger partial charge in [-0.3, -0.25) is 4.68 Å². The Morgan fingerprint density at radius 2 is 2.12 bits per heavy atom. The third-order valence-electron chi connectivity index (χ3n) is 2.96. The SMILES string of the molecule is CC(C)CNCCC(C)(C)Cc1ccn(C)n1. The van der Waals surface area contributed by atoms with Crippen LogP contribution in [0.15, 0.2) is 12.3 Å². The molecule has 1 N–H and O–H groups in total. The first kappa shape index (κ1) is 14.2. The van der Waals surface area contributed by atoms with E-state index < -0.39 is 0 Å².